The third-order valence-corrected chi connectivity index (χ3v) is 3.33. The van der Waals surface area contributed by atoms with Gasteiger partial charge in [0.25, 0.3) is 0 Å². The lowest BCUT2D eigenvalue weighted by Crippen LogP contribution is -2.20. The van der Waals surface area contributed by atoms with Gasteiger partial charge in [0, 0.05) is 18.5 Å². The highest BCUT2D eigenvalue weighted by atomic mass is 19.1. The van der Waals surface area contributed by atoms with E-state index in [0.29, 0.717) is 0 Å². The molecule has 16 heavy (non-hydrogen) atoms. The predicted octanol–water partition coefficient (Wildman–Crippen LogP) is 3.40. The van der Waals surface area contributed by atoms with Crippen LogP contribution in [0.2, 0.25) is 0 Å². The number of hydrogen-bond donors (Lipinski definition) is 0. The van der Waals surface area contributed by atoms with Crippen LogP contribution in [0.1, 0.15) is 33.0 Å². The molecule has 0 aliphatic heterocycles. The number of benzene rings is 1. The van der Waals surface area contributed by atoms with E-state index in [1.807, 2.05) is 7.05 Å². The average molecular weight is 220 g/mol. The van der Waals surface area contributed by atoms with Crippen molar-refractivity contribution in [2.24, 2.45) is 7.05 Å². The van der Waals surface area contributed by atoms with Crippen molar-refractivity contribution in [3.8, 4) is 0 Å². The summed E-state index contributed by atoms with van der Waals surface area (Å²) >= 11 is 0. The molecule has 0 bridgehead atoms. The van der Waals surface area contributed by atoms with Crippen molar-refractivity contribution in [3.63, 3.8) is 0 Å². The van der Waals surface area contributed by atoms with Crippen LogP contribution in [-0.4, -0.2) is 9.55 Å². The molecule has 0 radical (unpaired) electrons. The van der Waals surface area contributed by atoms with Crippen LogP contribution in [0.3, 0.4) is 0 Å². The van der Waals surface area contributed by atoms with Gasteiger partial charge in [-0.25, -0.2) is 9.37 Å². The fraction of sp³-hybridized carbons (Fsp3) is 0.462. The van der Waals surface area contributed by atoms with E-state index in [9.17, 15) is 4.39 Å². The molecule has 0 atom stereocenters. The second-order valence-electron chi connectivity index (χ2n) is 4.86. The van der Waals surface area contributed by atoms with Crippen LogP contribution in [0, 0.1) is 5.82 Å². The van der Waals surface area contributed by atoms with Gasteiger partial charge >= 0.3 is 0 Å². The lowest BCUT2D eigenvalue weighted by Gasteiger charge is -2.21. The van der Waals surface area contributed by atoms with Gasteiger partial charge in [0.15, 0.2) is 0 Å². The number of imidazole rings is 1. The zero-order valence-electron chi connectivity index (χ0n) is 10.2. The van der Waals surface area contributed by atoms with Crippen LogP contribution >= 0.6 is 0 Å². The highest BCUT2D eigenvalue weighted by Crippen LogP contribution is 2.28. The van der Waals surface area contributed by atoms with E-state index in [4.69, 9.17) is 0 Å². The van der Waals surface area contributed by atoms with Gasteiger partial charge in [-0.15, -0.1) is 0 Å². The smallest absolute Gasteiger partial charge is 0.125 e. The molecule has 0 unspecified atom stereocenters. The Labute approximate surface area is 95.1 Å². The molecule has 2 rings (SSSR count). The van der Waals surface area contributed by atoms with E-state index >= 15 is 0 Å². The normalized spacial score (nSPS) is 12.3. The number of rotatable bonds is 2. The summed E-state index contributed by atoms with van der Waals surface area (Å²) in [6, 6.07) is 4.75. The zero-order chi connectivity index (χ0) is 11.9. The summed E-state index contributed by atoms with van der Waals surface area (Å²) in [6.45, 7) is 6.45. The first-order chi connectivity index (χ1) is 7.45. The van der Waals surface area contributed by atoms with Gasteiger partial charge in [-0.05, 0) is 18.6 Å². The van der Waals surface area contributed by atoms with Crippen LogP contribution in [0.5, 0.6) is 0 Å². The monoisotopic (exact) mass is 220 g/mol. The molecule has 0 spiro atoms. The van der Waals surface area contributed by atoms with Gasteiger partial charge < -0.3 is 4.57 Å². The van der Waals surface area contributed by atoms with Crippen LogP contribution in [-0.2, 0) is 12.5 Å². The first kappa shape index (κ1) is 11.1. The van der Waals surface area contributed by atoms with E-state index in [1.165, 1.54) is 12.1 Å². The molecule has 2 aromatic rings. The molecule has 1 aromatic carbocycles. The molecule has 0 fully saturated rings. The maximum Gasteiger partial charge on any atom is 0.125 e. The summed E-state index contributed by atoms with van der Waals surface area (Å²) in [5.74, 6) is 0.780. The number of fused-ring (bicyclic) bond motifs is 1. The summed E-state index contributed by atoms with van der Waals surface area (Å²) in [5.41, 5.74) is 1.74. The van der Waals surface area contributed by atoms with Crippen LogP contribution in [0.15, 0.2) is 18.2 Å². The summed E-state index contributed by atoms with van der Waals surface area (Å²) in [4.78, 5) is 4.54. The maximum atomic E-state index is 13.1. The van der Waals surface area contributed by atoms with Crippen molar-refractivity contribution in [2.75, 3.05) is 0 Å². The molecule has 0 saturated carbocycles. The zero-order valence-corrected chi connectivity index (χ0v) is 10.2. The summed E-state index contributed by atoms with van der Waals surface area (Å²) in [5, 5.41) is 0. The first-order valence-corrected chi connectivity index (χ1v) is 5.58. The number of nitrogens with zero attached hydrogens (tertiary/aromatic N) is 2. The second kappa shape index (κ2) is 3.58. The minimum Gasteiger partial charge on any atom is -0.331 e. The van der Waals surface area contributed by atoms with Crippen molar-refractivity contribution in [1.82, 2.24) is 9.55 Å². The van der Waals surface area contributed by atoms with Crippen molar-refractivity contribution >= 4 is 11.0 Å². The van der Waals surface area contributed by atoms with E-state index in [1.54, 1.807) is 6.07 Å². The summed E-state index contributed by atoms with van der Waals surface area (Å²) < 4.78 is 15.2. The molecule has 0 aliphatic carbocycles. The standard InChI is InChI=1S/C13H17FN2/c1-5-13(2,3)12-15-10-8-9(14)6-7-11(10)16(12)4/h6-8H,5H2,1-4H3. The van der Waals surface area contributed by atoms with Crippen molar-refractivity contribution in [3.05, 3.63) is 29.8 Å². The Bertz CT molecular complexity index is 526. The Morgan fingerprint density at radius 1 is 1.38 bits per heavy atom. The molecule has 0 aliphatic rings. The largest absolute Gasteiger partial charge is 0.331 e. The Kier molecular flexibility index (Phi) is 2.49. The fourth-order valence-corrected chi connectivity index (χ4v) is 1.94. The molecule has 86 valence electrons. The number of aromatic nitrogens is 2. The Hall–Kier alpha value is -1.38. The van der Waals surface area contributed by atoms with Gasteiger partial charge in [0.2, 0.25) is 0 Å². The number of halogens is 1. The molecule has 1 heterocycles. The quantitative estimate of drug-likeness (QED) is 0.758. The molecular formula is C13H17FN2. The average Bonchev–Trinajstić information content (AvgIpc) is 2.56. The minimum absolute atomic E-state index is 0.0181. The van der Waals surface area contributed by atoms with Gasteiger partial charge in [-0.1, -0.05) is 20.8 Å². The van der Waals surface area contributed by atoms with Crippen molar-refractivity contribution in [2.45, 2.75) is 32.6 Å². The highest BCUT2D eigenvalue weighted by Gasteiger charge is 2.24. The molecule has 0 N–H and O–H groups in total. The third-order valence-electron chi connectivity index (χ3n) is 3.33. The number of aryl methyl sites for hydroxylation is 1. The van der Waals surface area contributed by atoms with Crippen molar-refractivity contribution in [1.29, 1.82) is 0 Å². The Balaban J connectivity index is 2.69. The van der Waals surface area contributed by atoms with E-state index < -0.39 is 0 Å². The lowest BCUT2D eigenvalue weighted by atomic mass is 9.89. The molecule has 0 amide bonds. The van der Waals surface area contributed by atoms with Crippen molar-refractivity contribution < 1.29 is 4.39 Å². The highest BCUT2D eigenvalue weighted by molar-refractivity contribution is 5.76. The minimum atomic E-state index is -0.230. The maximum absolute atomic E-state index is 13.1. The van der Waals surface area contributed by atoms with Gasteiger partial charge in [0.1, 0.15) is 11.6 Å². The molecule has 0 saturated heterocycles. The van der Waals surface area contributed by atoms with E-state index in [-0.39, 0.29) is 11.2 Å². The Morgan fingerprint density at radius 2 is 2.06 bits per heavy atom. The lowest BCUT2D eigenvalue weighted by molar-refractivity contribution is 0.460. The summed E-state index contributed by atoms with van der Waals surface area (Å²) in [6.07, 6.45) is 1.01. The predicted molar refractivity (Wildman–Crippen MR) is 64.0 cm³/mol. The molecule has 1 aromatic heterocycles. The van der Waals surface area contributed by atoms with Gasteiger partial charge in [-0.2, -0.15) is 0 Å². The molecular weight excluding hydrogens is 203 g/mol. The Morgan fingerprint density at radius 3 is 2.69 bits per heavy atom. The molecule has 3 heteroatoms. The fourth-order valence-electron chi connectivity index (χ4n) is 1.94. The van der Waals surface area contributed by atoms with E-state index in [2.05, 4.69) is 30.3 Å². The topological polar surface area (TPSA) is 17.8 Å². The summed E-state index contributed by atoms with van der Waals surface area (Å²) in [7, 11) is 1.99. The van der Waals surface area contributed by atoms with Crippen LogP contribution in [0.4, 0.5) is 4.39 Å². The first-order valence-electron chi connectivity index (χ1n) is 5.58. The van der Waals surface area contributed by atoms with E-state index in [0.717, 1.165) is 23.3 Å². The van der Waals surface area contributed by atoms with Gasteiger partial charge in [-0.3, -0.25) is 0 Å². The molecule has 2 nitrogen and oxygen atoms in total. The van der Waals surface area contributed by atoms with Gasteiger partial charge in [0.05, 0.1) is 11.0 Å². The third kappa shape index (κ3) is 1.60. The second-order valence-corrected chi connectivity index (χ2v) is 4.86. The van der Waals surface area contributed by atoms with Crippen LogP contribution < -0.4 is 0 Å². The SMILES string of the molecule is CCC(C)(C)c1nc2cc(F)ccc2n1C. The van der Waals surface area contributed by atoms with Crippen LogP contribution in [0.25, 0.3) is 11.0 Å². The number of hydrogen-bond acceptors (Lipinski definition) is 1.